The maximum Gasteiger partial charge on any atom is 0.164 e. The van der Waals surface area contributed by atoms with E-state index < -0.39 is 0 Å². The lowest BCUT2D eigenvalue weighted by Crippen LogP contribution is -2.00. The quantitative estimate of drug-likeness (QED) is 0.176. The molecule has 0 aliphatic heterocycles. The van der Waals surface area contributed by atoms with Crippen molar-refractivity contribution in [1.29, 1.82) is 0 Å². The number of furan rings is 1. The normalized spacial score (nSPS) is 11.9. The van der Waals surface area contributed by atoms with Gasteiger partial charge in [-0.2, -0.15) is 0 Å². The zero-order valence-electron chi connectivity index (χ0n) is 30.4. The van der Waals surface area contributed by atoms with Crippen molar-refractivity contribution < 1.29 is 4.42 Å². The van der Waals surface area contributed by atoms with Gasteiger partial charge >= 0.3 is 0 Å². The first-order valence-electron chi connectivity index (χ1n) is 19.0. The van der Waals surface area contributed by atoms with Crippen LogP contribution in [-0.4, -0.2) is 19.5 Å². The minimum atomic E-state index is 0.604. The number of hydrogen-bond donors (Lipinski definition) is 0. The van der Waals surface area contributed by atoms with Crippen LogP contribution in [0, 0.1) is 0 Å². The van der Waals surface area contributed by atoms with Crippen LogP contribution in [0.5, 0.6) is 0 Å². The van der Waals surface area contributed by atoms with Crippen LogP contribution in [0.4, 0.5) is 0 Å². The minimum absolute atomic E-state index is 0.604. The van der Waals surface area contributed by atoms with Crippen LogP contribution in [0.15, 0.2) is 186 Å². The predicted molar refractivity (Wildman–Crippen MR) is 236 cm³/mol. The first kappa shape index (κ1) is 31.9. The Morgan fingerprint density at radius 3 is 1.81 bits per heavy atom. The summed E-state index contributed by atoms with van der Waals surface area (Å²) in [6.07, 6.45) is 0. The maximum absolute atomic E-state index is 6.65. The van der Waals surface area contributed by atoms with E-state index in [4.69, 9.17) is 19.4 Å². The largest absolute Gasteiger partial charge is 0.455 e. The predicted octanol–water partition coefficient (Wildman–Crippen LogP) is 13.9. The third kappa shape index (κ3) is 5.12. The van der Waals surface area contributed by atoms with Gasteiger partial charge in [0.05, 0.1) is 11.0 Å². The Morgan fingerprint density at radius 2 is 0.982 bits per heavy atom. The highest BCUT2D eigenvalue weighted by atomic mass is 32.1. The summed E-state index contributed by atoms with van der Waals surface area (Å²) in [4.78, 5) is 15.4. The van der Waals surface area contributed by atoms with Gasteiger partial charge in [0.1, 0.15) is 11.2 Å². The molecule has 4 aromatic heterocycles. The molecule has 0 fully saturated rings. The van der Waals surface area contributed by atoms with E-state index in [9.17, 15) is 0 Å². The summed E-state index contributed by atoms with van der Waals surface area (Å²) >= 11 is 1.83. The molecular formula is C51H30N4OS. The van der Waals surface area contributed by atoms with Crippen molar-refractivity contribution in [2.75, 3.05) is 0 Å². The number of thiophene rings is 1. The Balaban J connectivity index is 1.01. The zero-order chi connectivity index (χ0) is 37.5. The number of nitrogens with zero attached hydrogens (tertiary/aromatic N) is 4. The molecule has 0 bridgehead atoms. The number of benzene rings is 8. The molecule has 0 spiro atoms. The van der Waals surface area contributed by atoms with Gasteiger partial charge in [0.25, 0.3) is 0 Å². The molecule has 12 aromatic rings. The minimum Gasteiger partial charge on any atom is -0.455 e. The molecule has 12 rings (SSSR count). The Labute approximate surface area is 330 Å². The molecule has 0 aliphatic rings. The molecule has 6 heteroatoms. The monoisotopic (exact) mass is 746 g/mol. The second kappa shape index (κ2) is 12.6. The summed E-state index contributed by atoms with van der Waals surface area (Å²) in [6, 6.07) is 63.8. The third-order valence-electron chi connectivity index (χ3n) is 11.1. The molecule has 4 heterocycles. The van der Waals surface area contributed by atoms with E-state index in [-0.39, 0.29) is 0 Å². The van der Waals surface area contributed by atoms with Gasteiger partial charge in [-0.05, 0) is 78.4 Å². The molecule has 5 nitrogen and oxygen atoms in total. The van der Waals surface area contributed by atoms with Crippen molar-refractivity contribution in [3.63, 3.8) is 0 Å². The van der Waals surface area contributed by atoms with Gasteiger partial charge in [0, 0.05) is 69.7 Å². The lowest BCUT2D eigenvalue weighted by molar-refractivity contribution is 0.670. The van der Waals surface area contributed by atoms with Crippen molar-refractivity contribution >= 4 is 75.3 Å². The Bertz CT molecular complexity index is 3530. The average Bonchev–Trinajstić information content (AvgIpc) is 3.95. The number of rotatable bonds is 5. The van der Waals surface area contributed by atoms with Gasteiger partial charge in [-0.15, -0.1) is 11.3 Å². The summed E-state index contributed by atoms with van der Waals surface area (Å²) in [6.45, 7) is 0. The standard InChI is InChI=1S/C51H30N4OS/c1-3-12-31(13-4-1)49-52-50(33-22-25-44-40(29-33)37-16-7-9-20-43(37)55(44)35-14-5-2-6-15-35)54-51(53-49)34-23-26-45-41(30-34)39-19-11-18-36(48(39)56-45)32-24-27-47-42(28-32)38-17-8-10-21-46(38)57-47/h1-30H. The van der Waals surface area contributed by atoms with Crippen LogP contribution >= 0.6 is 11.3 Å². The molecule has 266 valence electrons. The second-order valence-corrected chi connectivity index (χ2v) is 15.5. The van der Waals surface area contributed by atoms with E-state index in [2.05, 4.69) is 150 Å². The van der Waals surface area contributed by atoms with E-state index in [1.54, 1.807) is 0 Å². The van der Waals surface area contributed by atoms with Gasteiger partial charge < -0.3 is 8.98 Å². The van der Waals surface area contributed by atoms with Crippen LogP contribution in [0.3, 0.4) is 0 Å². The molecule has 57 heavy (non-hydrogen) atoms. The molecule has 0 saturated carbocycles. The Morgan fingerprint density at radius 1 is 0.386 bits per heavy atom. The molecular weight excluding hydrogens is 717 g/mol. The van der Waals surface area contributed by atoms with E-state index in [1.807, 2.05) is 47.7 Å². The number of hydrogen-bond acceptors (Lipinski definition) is 5. The van der Waals surface area contributed by atoms with Gasteiger partial charge in [-0.3, -0.25) is 0 Å². The molecule has 0 N–H and O–H groups in total. The van der Waals surface area contributed by atoms with Gasteiger partial charge in [-0.25, -0.2) is 15.0 Å². The Kier molecular flexibility index (Phi) is 7.03. The van der Waals surface area contributed by atoms with Crippen LogP contribution < -0.4 is 0 Å². The van der Waals surface area contributed by atoms with E-state index in [1.165, 1.54) is 25.6 Å². The lowest BCUT2D eigenvalue weighted by Gasteiger charge is -2.10. The molecule has 8 aromatic carbocycles. The maximum atomic E-state index is 6.65. The van der Waals surface area contributed by atoms with Crippen LogP contribution in [0.25, 0.3) is 115 Å². The summed E-state index contributed by atoms with van der Waals surface area (Å²) < 4.78 is 11.6. The van der Waals surface area contributed by atoms with Crippen molar-refractivity contribution in [2.45, 2.75) is 0 Å². The fourth-order valence-electron chi connectivity index (χ4n) is 8.38. The molecule has 0 amide bonds. The molecule has 0 saturated heterocycles. The molecule has 0 aliphatic carbocycles. The fourth-order valence-corrected chi connectivity index (χ4v) is 9.46. The summed E-state index contributed by atoms with van der Waals surface area (Å²) in [7, 11) is 0. The number of aromatic nitrogens is 4. The molecule has 0 unspecified atom stereocenters. The smallest absolute Gasteiger partial charge is 0.164 e. The van der Waals surface area contributed by atoms with Crippen molar-refractivity contribution in [1.82, 2.24) is 19.5 Å². The van der Waals surface area contributed by atoms with E-state index in [0.717, 1.165) is 71.9 Å². The third-order valence-corrected chi connectivity index (χ3v) is 12.2. The van der Waals surface area contributed by atoms with Gasteiger partial charge in [0.15, 0.2) is 17.5 Å². The van der Waals surface area contributed by atoms with E-state index >= 15 is 0 Å². The van der Waals surface area contributed by atoms with Crippen molar-refractivity contribution in [3.8, 4) is 51.0 Å². The first-order chi connectivity index (χ1) is 28.2. The highest BCUT2D eigenvalue weighted by molar-refractivity contribution is 7.25. The SMILES string of the molecule is c1ccc(-c2nc(-c3ccc4oc5c(-c6ccc7sc8ccccc8c7c6)cccc5c4c3)nc(-c3ccc4c(c3)c3ccccc3n4-c3ccccc3)n2)cc1. The molecule has 0 atom stereocenters. The highest BCUT2D eigenvalue weighted by Crippen LogP contribution is 2.41. The summed E-state index contributed by atoms with van der Waals surface area (Å²) in [5.41, 5.74) is 10.0. The number of fused-ring (bicyclic) bond motifs is 9. The lowest BCUT2D eigenvalue weighted by atomic mass is 10.00. The van der Waals surface area contributed by atoms with Gasteiger partial charge in [0.2, 0.25) is 0 Å². The first-order valence-corrected chi connectivity index (χ1v) is 19.8. The second-order valence-electron chi connectivity index (χ2n) is 14.4. The van der Waals surface area contributed by atoms with Gasteiger partial charge in [-0.1, -0.05) is 109 Å². The topological polar surface area (TPSA) is 56.7 Å². The summed E-state index contributed by atoms with van der Waals surface area (Å²) in [5.74, 6) is 1.85. The molecule has 0 radical (unpaired) electrons. The summed E-state index contributed by atoms with van der Waals surface area (Å²) in [5, 5.41) is 6.94. The van der Waals surface area contributed by atoms with Crippen molar-refractivity contribution in [3.05, 3.63) is 182 Å². The van der Waals surface area contributed by atoms with Crippen LogP contribution in [0.2, 0.25) is 0 Å². The van der Waals surface area contributed by atoms with Crippen molar-refractivity contribution in [2.24, 2.45) is 0 Å². The Hall–Kier alpha value is -7.41. The highest BCUT2D eigenvalue weighted by Gasteiger charge is 2.19. The van der Waals surface area contributed by atoms with Crippen LogP contribution in [-0.2, 0) is 0 Å². The van der Waals surface area contributed by atoms with Crippen LogP contribution in [0.1, 0.15) is 0 Å². The zero-order valence-corrected chi connectivity index (χ0v) is 31.2. The van der Waals surface area contributed by atoms with E-state index in [0.29, 0.717) is 17.5 Å². The fraction of sp³-hybridized carbons (Fsp3) is 0. The average molecular weight is 747 g/mol. The number of para-hydroxylation sites is 3.